The molecule has 0 radical (unpaired) electrons. The van der Waals surface area contributed by atoms with Crippen molar-refractivity contribution in [3.8, 4) is 0 Å². The van der Waals surface area contributed by atoms with E-state index in [0.29, 0.717) is 18.1 Å². The molecule has 0 unspecified atom stereocenters. The molecule has 0 saturated carbocycles. The van der Waals surface area contributed by atoms with E-state index in [1.54, 1.807) is 25.1 Å². The molecule has 1 aliphatic heterocycles. The van der Waals surface area contributed by atoms with Gasteiger partial charge in [-0.15, -0.1) is 0 Å². The molecule has 0 amide bonds. The first-order chi connectivity index (χ1) is 13.1. The van der Waals surface area contributed by atoms with Gasteiger partial charge in [0, 0.05) is 18.1 Å². The predicted octanol–water partition coefficient (Wildman–Crippen LogP) is 4.60. The van der Waals surface area contributed by atoms with Crippen LogP contribution in [0.5, 0.6) is 0 Å². The lowest BCUT2D eigenvalue weighted by Crippen LogP contribution is -2.30. The number of hydrogen-bond donors (Lipinski definition) is 1. The summed E-state index contributed by atoms with van der Waals surface area (Å²) in [6, 6.07) is 12.3. The molecule has 2 aromatic carbocycles. The highest BCUT2D eigenvalue weighted by atomic mass is 16.6. The third-order valence-corrected chi connectivity index (χ3v) is 5.36. The molecular formula is C21H20N2O4. The summed E-state index contributed by atoms with van der Waals surface area (Å²) in [5.74, 6) is 0.164. The Bertz CT molecular complexity index is 920. The van der Waals surface area contributed by atoms with Crippen molar-refractivity contribution in [2.45, 2.75) is 25.3 Å². The van der Waals surface area contributed by atoms with Crippen molar-refractivity contribution in [1.29, 1.82) is 0 Å². The summed E-state index contributed by atoms with van der Waals surface area (Å²) in [7, 11) is 0. The summed E-state index contributed by atoms with van der Waals surface area (Å²) in [5, 5.41) is 14.5. The molecule has 2 aliphatic rings. The fraction of sp³-hybridized carbons (Fsp3) is 0.286. The summed E-state index contributed by atoms with van der Waals surface area (Å²) < 4.78 is 5.22. The third kappa shape index (κ3) is 2.97. The Kier molecular flexibility index (Phi) is 4.39. The van der Waals surface area contributed by atoms with Crippen molar-refractivity contribution >= 4 is 17.3 Å². The second-order valence-corrected chi connectivity index (χ2v) is 6.81. The van der Waals surface area contributed by atoms with Gasteiger partial charge in [0.25, 0.3) is 5.69 Å². The molecule has 1 heterocycles. The number of nitrogens with one attached hydrogen (secondary N) is 1. The molecular weight excluding hydrogens is 344 g/mol. The predicted molar refractivity (Wildman–Crippen MR) is 102 cm³/mol. The van der Waals surface area contributed by atoms with Gasteiger partial charge in [0.1, 0.15) is 0 Å². The van der Waals surface area contributed by atoms with Gasteiger partial charge >= 0.3 is 5.97 Å². The van der Waals surface area contributed by atoms with Gasteiger partial charge in [-0.2, -0.15) is 0 Å². The minimum absolute atomic E-state index is 0.0334. The number of rotatable bonds is 4. The number of hydrogen-bond acceptors (Lipinski definition) is 5. The monoisotopic (exact) mass is 364 g/mol. The lowest BCUT2D eigenvalue weighted by atomic mass is 9.76. The number of carbonyl (C=O) groups is 1. The number of nitro benzene ring substituents is 1. The molecule has 0 saturated heterocycles. The van der Waals surface area contributed by atoms with E-state index >= 15 is 0 Å². The fourth-order valence-corrected chi connectivity index (χ4v) is 4.13. The average molecular weight is 364 g/mol. The van der Waals surface area contributed by atoms with Gasteiger partial charge in [-0.3, -0.25) is 10.1 Å². The van der Waals surface area contributed by atoms with Crippen LogP contribution >= 0.6 is 0 Å². The Morgan fingerprint density at radius 3 is 2.74 bits per heavy atom. The van der Waals surface area contributed by atoms with Crippen LogP contribution in [0.15, 0.2) is 54.6 Å². The van der Waals surface area contributed by atoms with Crippen LogP contribution in [0.2, 0.25) is 0 Å². The number of benzene rings is 2. The van der Waals surface area contributed by atoms with Crippen LogP contribution in [0.3, 0.4) is 0 Å². The van der Waals surface area contributed by atoms with Gasteiger partial charge in [0.05, 0.1) is 28.8 Å². The molecule has 6 heteroatoms. The Hall–Kier alpha value is -3.15. The zero-order valence-corrected chi connectivity index (χ0v) is 14.9. The molecule has 0 aromatic heterocycles. The first kappa shape index (κ1) is 17.3. The summed E-state index contributed by atoms with van der Waals surface area (Å²) >= 11 is 0. The Balaban J connectivity index is 1.75. The number of anilines is 1. The van der Waals surface area contributed by atoms with Crippen LogP contribution in [0.4, 0.5) is 11.4 Å². The van der Waals surface area contributed by atoms with Crippen LogP contribution in [0.25, 0.3) is 0 Å². The number of nitrogens with zero attached hydrogens (tertiary/aromatic N) is 1. The van der Waals surface area contributed by atoms with E-state index in [9.17, 15) is 14.9 Å². The molecule has 3 atom stereocenters. The van der Waals surface area contributed by atoms with Crippen molar-refractivity contribution in [3.05, 3.63) is 81.4 Å². The van der Waals surface area contributed by atoms with Crippen LogP contribution in [-0.2, 0) is 4.74 Å². The highest BCUT2D eigenvalue weighted by molar-refractivity contribution is 5.97. The van der Waals surface area contributed by atoms with Gasteiger partial charge in [0.2, 0.25) is 0 Å². The molecule has 2 aromatic rings. The minimum atomic E-state index is -0.397. The van der Waals surface area contributed by atoms with Crippen molar-refractivity contribution in [2.24, 2.45) is 5.92 Å². The quantitative estimate of drug-likeness (QED) is 0.371. The molecule has 1 aliphatic carbocycles. The van der Waals surface area contributed by atoms with Gasteiger partial charge in [-0.25, -0.2) is 4.79 Å². The maximum Gasteiger partial charge on any atom is 0.340 e. The van der Waals surface area contributed by atoms with Crippen molar-refractivity contribution in [3.63, 3.8) is 0 Å². The van der Waals surface area contributed by atoms with Crippen LogP contribution in [-0.4, -0.2) is 17.5 Å². The molecule has 138 valence electrons. The zero-order valence-electron chi connectivity index (χ0n) is 14.9. The lowest BCUT2D eigenvalue weighted by molar-refractivity contribution is -0.384. The Morgan fingerprint density at radius 2 is 2.04 bits per heavy atom. The molecule has 0 fully saturated rings. The summed E-state index contributed by atoms with van der Waals surface area (Å²) in [4.78, 5) is 23.0. The summed E-state index contributed by atoms with van der Waals surface area (Å²) in [5.41, 5.74) is 3.47. The smallest absolute Gasteiger partial charge is 0.340 e. The van der Waals surface area contributed by atoms with Crippen LogP contribution in [0.1, 0.15) is 46.8 Å². The van der Waals surface area contributed by atoms with Crippen molar-refractivity contribution < 1.29 is 14.5 Å². The standard InChI is InChI=1S/C21H20N2O4/c1-2-27-21(24)18-8-4-7-17-15-5-3-6-16(15)19(22-20(17)18)13-9-11-14(12-10-13)23(25)26/h3-5,7-12,15-16,19,22H,2,6H2,1H3/t15-,16-,19+/m0/s1. The van der Waals surface area contributed by atoms with E-state index in [0.717, 1.165) is 23.2 Å². The normalized spacial score (nSPS) is 22.5. The molecule has 6 nitrogen and oxygen atoms in total. The van der Waals surface area contributed by atoms with Crippen molar-refractivity contribution in [2.75, 3.05) is 11.9 Å². The number of carbonyl (C=O) groups excluding carboxylic acids is 1. The van der Waals surface area contributed by atoms with E-state index < -0.39 is 4.92 Å². The molecule has 27 heavy (non-hydrogen) atoms. The first-order valence-electron chi connectivity index (χ1n) is 9.07. The highest BCUT2D eigenvalue weighted by Gasteiger charge is 2.39. The molecule has 0 spiro atoms. The lowest BCUT2D eigenvalue weighted by Gasteiger charge is -2.38. The van der Waals surface area contributed by atoms with E-state index in [1.165, 1.54) is 12.1 Å². The molecule has 4 rings (SSSR count). The topological polar surface area (TPSA) is 81.5 Å². The minimum Gasteiger partial charge on any atom is -0.462 e. The largest absolute Gasteiger partial charge is 0.462 e. The number of fused-ring (bicyclic) bond motifs is 3. The molecule has 0 bridgehead atoms. The Morgan fingerprint density at radius 1 is 1.26 bits per heavy atom. The number of nitro groups is 1. The van der Waals surface area contributed by atoms with Gasteiger partial charge in [-0.1, -0.05) is 36.4 Å². The van der Waals surface area contributed by atoms with Gasteiger partial charge < -0.3 is 10.1 Å². The Labute approximate surface area is 157 Å². The highest BCUT2D eigenvalue weighted by Crippen LogP contribution is 2.50. The second-order valence-electron chi connectivity index (χ2n) is 6.81. The molecule has 1 N–H and O–H groups in total. The SMILES string of the molecule is CCOC(=O)c1cccc2c1N[C@H](c1ccc([N+](=O)[O-])cc1)[C@H]1CC=C[C@H]21. The van der Waals surface area contributed by atoms with Crippen molar-refractivity contribution in [1.82, 2.24) is 0 Å². The summed E-state index contributed by atoms with van der Waals surface area (Å²) in [6.07, 6.45) is 5.28. The van der Waals surface area contributed by atoms with E-state index in [-0.39, 0.29) is 23.6 Å². The zero-order chi connectivity index (χ0) is 19.0. The third-order valence-electron chi connectivity index (χ3n) is 5.36. The van der Waals surface area contributed by atoms with Crippen LogP contribution in [0, 0.1) is 16.0 Å². The second kappa shape index (κ2) is 6.87. The summed E-state index contributed by atoms with van der Waals surface area (Å²) in [6.45, 7) is 2.11. The number of para-hydroxylation sites is 1. The maximum atomic E-state index is 12.4. The number of esters is 1. The first-order valence-corrected chi connectivity index (χ1v) is 9.07. The number of allylic oxidation sites excluding steroid dienone is 2. The average Bonchev–Trinajstić information content (AvgIpc) is 3.17. The van der Waals surface area contributed by atoms with Gasteiger partial charge in [0.15, 0.2) is 0 Å². The van der Waals surface area contributed by atoms with E-state index in [1.807, 2.05) is 12.1 Å². The van der Waals surface area contributed by atoms with Crippen LogP contribution < -0.4 is 5.32 Å². The van der Waals surface area contributed by atoms with E-state index in [4.69, 9.17) is 4.74 Å². The fourth-order valence-electron chi connectivity index (χ4n) is 4.13. The number of non-ortho nitro benzene ring substituents is 1. The number of ether oxygens (including phenoxy) is 1. The van der Waals surface area contributed by atoms with E-state index in [2.05, 4.69) is 17.5 Å². The van der Waals surface area contributed by atoms with Gasteiger partial charge in [-0.05, 0) is 36.5 Å². The maximum absolute atomic E-state index is 12.4.